The van der Waals surface area contributed by atoms with Crippen LogP contribution in [0.1, 0.15) is 17.5 Å². The highest BCUT2D eigenvalue weighted by Gasteiger charge is 2.35. The number of anilines is 1. The van der Waals surface area contributed by atoms with Crippen molar-refractivity contribution in [1.29, 1.82) is 0 Å². The Balaban J connectivity index is 1.69. The third-order valence-corrected chi connectivity index (χ3v) is 4.10. The highest BCUT2D eigenvalue weighted by atomic mass is 19.4. The zero-order valence-corrected chi connectivity index (χ0v) is 14.0. The van der Waals surface area contributed by atoms with E-state index in [0.717, 1.165) is 6.07 Å². The molecule has 1 fully saturated rings. The molecule has 1 aromatic heterocycles. The Hall–Kier alpha value is -2.84. The zero-order valence-electron chi connectivity index (χ0n) is 14.0. The molecule has 0 bridgehead atoms. The summed E-state index contributed by atoms with van der Waals surface area (Å²) in [5.74, 6) is 0.662. The van der Waals surface area contributed by atoms with Crippen molar-refractivity contribution in [2.24, 2.45) is 0 Å². The maximum Gasteiger partial charge on any atom is 0.416 e. The van der Waals surface area contributed by atoms with Gasteiger partial charge >= 0.3 is 6.18 Å². The fourth-order valence-electron chi connectivity index (χ4n) is 2.90. The van der Waals surface area contributed by atoms with Crippen LogP contribution in [0.3, 0.4) is 0 Å². The van der Waals surface area contributed by atoms with Crippen LogP contribution in [0.15, 0.2) is 36.7 Å². The molecule has 2 heterocycles. The summed E-state index contributed by atoms with van der Waals surface area (Å²) in [4.78, 5) is 21.6. The van der Waals surface area contributed by atoms with Crippen LogP contribution in [0.2, 0.25) is 0 Å². The molecule has 1 aliphatic heterocycles. The molecule has 1 aromatic carbocycles. The molecule has 1 aliphatic rings. The number of amides is 1. The first-order chi connectivity index (χ1) is 12.4. The van der Waals surface area contributed by atoms with Gasteiger partial charge in [0.2, 0.25) is 11.8 Å². The summed E-state index contributed by atoms with van der Waals surface area (Å²) in [7, 11) is 1.48. The lowest BCUT2D eigenvalue weighted by Gasteiger charge is -2.20. The van der Waals surface area contributed by atoms with Gasteiger partial charge in [-0.1, -0.05) is 18.2 Å². The fourth-order valence-corrected chi connectivity index (χ4v) is 2.90. The summed E-state index contributed by atoms with van der Waals surface area (Å²) in [5.41, 5.74) is -0.637. The number of nitrogens with zero attached hydrogens (tertiary/aromatic N) is 3. The summed E-state index contributed by atoms with van der Waals surface area (Å²) in [5, 5.41) is 3.09. The van der Waals surface area contributed by atoms with Crippen molar-refractivity contribution in [2.75, 3.05) is 19.0 Å². The normalized spacial score (nSPS) is 17.5. The molecule has 0 saturated carbocycles. The van der Waals surface area contributed by atoms with E-state index in [0.29, 0.717) is 11.7 Å². The van der Waals surface area contributed by atoms with Gasteiger partial charge in [0.25, 0.3) is 0 Å². The molecule has 1 N–H and O–H groups in total. The number of methoxy groups -OCH3 is 1. The average Bonchev–Trinajstić information content (AvgIpc) is 2.93. The van der Waals surface area contributed by atoms with Crippen LogP contribution >= 0.6 is 0 Å². The van der Waals surface area contributed by atoms with Gasteiger partial charge in [-0.2, -0.15) is 13.2 Å². The lowest BCUT2D eigenvalue weighted by atomic mass is 10.1. The number of nitrogens with one attached hydrogen (secondary N) is 1. The molecular formula is C17H17F3N4O2. The number of alkyl halides is 3. The van der Waals surface area contributed by atoms with E-state index in [4.69, 9.17) is 4.74 Å². The third kappa shape index (κ3) is 4.04. The summed E-state index contributed by atoms with van der Waals surface area (Å²) < 4.78 is 44.4. The minimum atomic E-state index is -4.45. The number of benzene rings is 1. The predicted octanol–water partition coefficient (Wildman–Crippen LogP) is 2.72. The van der Waals surface area contributed by atoms with Gasteiger partial charge in [0, 0.05) is 25.6 Å². The molecule has 1 unspecified atom stereocenters. The lowest BCUT2D eigenvalue weighted by molar-refractivity contribution is -0.139. The Labute approximate surface area is 148 Å². The Bertz CT molecular complexity index is 798. The maximum atomic E-state index is 13.1. The Morgan fingerprint density at radius 3 is 2.81 bits per heavy atom. The van der Waals surface area contributed by atoms with Crippen molar-refractivity contribution in [3.05, 3.63) is 47.8 Å². The fraction of sp³-hybridized carbons (Fsp3) is 0.353. The quantitative estimate of drug-likeness (QED) is 0.881. The van der Waals surface area contributed by atoms with E-state index in [9.17, 15) is 18.0 Å². The van der Waals surface area contributed by atoms with Crippen molar-refractivity contribution in [1.82, 2.24) is 14.9 Å². The molecule has 0 radical (unpaired) electrons. The Morgan fingerprint density at radius 1 is 1.31 bits per heavy atom. The Morgan fingerprint density at radius 2 is 2.08 bits per heavy atom. The standard InChI is InChI=1S/C17H17F3N4O2/c1-26-15-7-14(21-10-22-15)23-12-6-16(25)24(9-12)8-11-4-2-3-5-13(11)17(18,19)20/h2-5,7,10,12H,6,8-9H2,1H3,(H,21,22,23). The van der Waals surface area contributed by atoms with Gasteiger partial charge in [-0.05, 0) is 11.6 Å². The number of aromatic nitrogens is 2. The number of carbonyl (C=O) groups is 1. The van der Waals surface area contributed by atoms with Crippen LogP contribution < -0.4 is 10.1 Å². The molecule has 6 nitrogen and oxygen atoms in total. The molecule has 1 saturated heterocycles. The van der Waals surface area contributed by atoms with Gasteiger partial charge in [-0.3, -0.25) is 4.79 Å². The first-order valence-corrected chi connectivity index (χ1v) is 7.92. The topological polar surface area (TPSA) is 67.3 Å². The molecule has 1 amide bonds. The van der Waals surface area contributed by atoms with Crippen LogP contribution in [-0.2, 0) is 17.5 Å². The SMILES string of the molecule is COc1cc(NC2CC(=O)N(Cc3ccccc3C(F)(F)F)C2)ncn1. The number of hydrogen-bond acceptors (Lipinski definition) is 5. The van der Waals surface area contributed by atoms with Crippen LogP contribution in [0.25, 0.3) is 0 Å². The van der Waals surface area contributed by atoms with Crippen molar-refractivity contribution in [2.45, 2.75) is 25.2 Å². The second kappa shape index (κ2) is 7.19. The van der Waals surface area contributed by atoms with Gasteiger partial charge in [-0.25, -0.2) is 9.97 Å². The van der Waals surface area contributed by atoms with Gasteiger partial charge in [0.05, 0.1) is 18.7 Å². The van der Waals surface area contributed by atoms with Crippen LogP contribution in [0.4, 0.5) is 19.0 Å². The summed E-state index contributed by atoms with van der Waals surface area (Å²) in [6.07, 6.45) is -2.94. The van der Waals surface area contributed by atoms with Gasteiger partial charge in [0.15, 0.2) is 0 Å². The molecule has 0 aliphatic carbocycles. The first-order valence-electron chi connectivity index (χ1n) is 7.92. The number of carbonyl (C=O) groups excluding carboxylic acids is 1. The number of rotatable bonds is 5. The molecule has 26 heavy (non-hydrogen) atoms. The largest absolute Gasteiger partial charge is 0.481 e. The maximum absolute atomic E-state index is 13.1. The molecule has 138 valence electrons. The number of hydrogen-bond donors (Lipinski definition) is 1. The summed E-state index contributed by atoms with van der Waals surface area (Å²) in [6, 6.07) is 6.64. The number of halogens is 3. The van der Waals surface area contributed by atoms with Crippen LogP contribution in [0.5, 0.6) is 5.88 Å². The van der Waals surface area contributed by atoms with Crippen LogP contribution in [0, 0.1) is 0 Å². The lowest BCUT2D eigenvalue weighted by Crippen LogP contribution is -2.28. The van der Waals surface area contributed by atoms with E-state index in [2.05, 4.69) is 15.3 Å². The second-order valence-electron chi connectivity index (χ2n) is 5.92. The molecule has 2 aromatic rings. The monoisotopic (exact) mass is 366 g/mol. The smallest absolute Gasteiger partial charge is 0.416 e. The van der Waals surface area contributed by atoms with Gasteiger partial charge in [0.1, 0.15) is 12.1 Å². The number of likely N-dealkylation sites (tertiary alicyclic amines) is 1. The van der Waals surface area contributed by atoms with Crippen molar-refractivity contribution >= 4 is 11.7 Å². The van der Waals surface area contributed by atoms with Crippen molar-refractivity contribution in [3.8, 4) is 5.88 Å². The molecular weight excluding hydrogens is 349 g/mol. The van der Waals surface area contributed by atoms with Crippen molar-refractivity contribution in [3.63, 3.8) is 0 Å². The van der Waals surface area contributed by atoms with Gasteiger partial charge < -0.3 is 15.0 Å². The van der Waals surface area contributed by atoms with E-state index >= 15 is 0 Å². The highest BCUT2D eigenvalue weighted by molar-refractivity contribution is 5.80. The molecule has 9 heteroatoms. The third-order valence-electron chi connectivity index (χ3n) is 4.10. The molecule has 3 rings (SSSR count). The second-order valence-corrected chi connectivity index (χ2v) is 5.92. The summed E-state index contributed by atoms with van der Waals surface area (Å²) >= 11 is 0. The van der Waals surface area contributed by atoms with E-state index in [1.165, 1.54) is 36.5 Å². The first kappa shape index (κ1) is 18.0. The zero-order chi connectivity index (χ0) is 18.7. The molecule has 1 atom stereocenters. The predicted molar refractivity (Wildman–Crippen MR) is 87.5 cm³/mol. The van der Waals surface area contributed by atoms with Crippen molar-refractivity contribution < 1.29 is 22.7 Å². The van der Waals surface area contributed by atoms with E-state index in [-0.39, 0.29) is 37.0 Å². The number of ether oxygens (including phenoxy) is 1. The minimum Gasteiger partial charge on any atom is -0.481 e. The minimum absolute atomic E-state index is 0.0812. The average molecular weight is 366 g/mol. The Kier molecular flexibility index (Phi) is 4.97. The van der Waals surface area contributed by atoms with Gasteiger partial charge in [-0.15, -0.1) is 0 Å². The highest BCUT2D eigenvalue weighted by Crippen LogP contribution is 2.33. The molecule has 0 spiro atoms. The van der Waals surface area contributed by atoms with Crippen LogP contribution in [-0.4, -0.2) is 40.5 Å². The van der Waals surface area contributed by atoms with E-state index in [1.54, 1.807) is 6.07 Å². The summed E-state index contributed by atoms with van der Waals surface area (Å²) in [6.45, 7) is 0.205. The van der Waals surface area contributed by atoms with E-state index < -0.39 is 11.7 Å². The van der Waals surface area contributed by atoms with E-state index in [1.807, 2.05) is 0 Å².